The molecule has 1 rings (SSSR count). The third-order valence-corrected chi connectivity index (χ3v) is 1.60. The van der Waals surface area contributed by atoms with E-state index in [9.17, 15) is 4.79 Å². The number of nitrogens with zero attached hydrogens (tertiary/aromatic N) is 1. The van der Waals surface area contributed by atoms with Crippen molar-refractivity contribution in [3.05, 3.63) is 29.0 Å². The van der Waals surface area contributed by atoms with Gasteiger partial charge in [-0.2, -0.15) is 0 Å². The Morgan fingerprint density at radius 3 is 3.07 bits per heavy atom. The molecule has 0 aliphatic heterocycles. The minimum Gasteiger partial charge on any atom is -0.468 e. The Hall–Kier alpha value is -1.53. The minimum absolute atomic E-state index is 0.0724. The molecule has 3 nitrogen and oxygen atoms in total. The van der Waals surface area contributed by atoms with Crippen LogP contribution in [0, 0.1) is 11.8 Å². The van der Waals surface area contributed by atoms with Gasteiger partial charge in [-0.3, -0.25) is 9.78 Å². The molecule has 0 bridgehead atoms. The maximum absolute atomic E-state index is 10.7. The first-order valence-corrected chi connectivity index (χ1v) is 4.26. The van der Waals surface area contributed by atoms with E-state index in [1.807, 2.05) is 0 Å². The first-order chi connectivity index (χ1) is 6.72. The molecule has 1 heterocycles. The predicted molar refractivity (Wildman–Crippen MR) is 52.8 cm³/mol. The second-order valence-electron chi connectivity index (χ2n) is 2.45. The summed E-state index contributed by atoms with van der Waals surface area (Å²) < 4.78 is 4.43. The van der Waals surface area contributed by atoms with Crippen LogP contribution in [-0.4, -0.2) is 18.1 Å². The second kappa shape index (κ2) is 5.25. The number of hydrogen-bond donors (Lipinski definition) is 0. The lowest BCUT2D eigenvalue weighted by Crippen LogP contribution is -1.97. The third kappa shape index (κ3) is 3.46. The van der Waals surface area contributed by atoms with Crippen LogP contribution < -0.4 is 0 Å². The first kappa shape index (κ1) is 10.6. The normalized spacial score (nSPS) is 8.71. The van der Waals surface area contributed by atoms with E-state index in [4.69, 9.17) is 11.6 Å². The lowest BCUT2D eigenvalue weighted by Gasteiger charge is -1.91. The number of hydrogen-bond acceptors (Lipinski definition) is 3. The van der Waals surface area contributed by atoms with Gasteiger partial charge in [0.05, 0.1) is 12.1 Å². The number of esters is 1. The molecule has 0 radical (unpaired) electrons. The van der Waals surface area contributed by atoms with Crippen molar-refractivity contribution in [3.8, 4) is 11.8 Å². The summed E-state index contributed by atoms with van der Waals surface area (Å²) in [5.74, 6) is 5.06. The molecule has 0 amide bonds. The molecule has 0 aliphatic rings. The van der Waals surface area contributed by atoms with Crippen LogP contribution in [0.5, 0.6) is 0 Å². The maximum Gasteiger partial charge on any atom is 0.317 e. The van der Waals surface area contributed by atoms with E-state index in [1.165, 1.54) is 13.3 Å². The molecule has 0 atom stereocenters. The summed E-state index contributed by atoms with van der Waals surface area (Å²) in [4.78, 5) is 14.6. The molecule has 14 heavy (non-hydrogen) atoms. The van der Waals surface area contributed by atoms with Gasteiger partial charge in [-0.1, -0.05) is 23.4 Å². The molecule has 0 unspecified atom stereocenters. The van der Waals surface area contributed by atoms with E-state index in [2.05, 4.69) is 21.6 Å². The average molecular weight is 210 g/mol. The van der Waals surface area contributed by atoms with E-state index < -0.39 is 0 Å². The quantitative estimate of drug-likeness (QED) is 0.522. The maximum atomic E-state index is 10.7. The summed E-state index contributed by atoms with van der Waals surface area (Å²) in [5, 5.41) is 0.523. The molecule has 0 N–H and O–H groups in total. The van der Waals surface area contributed by atoms with E-state index in [0.29, 0.717) is 10.6 Å². The summed E-state index contributed by atoms with van der Waals surface area (Å²) in [6.45, 7) is 0. The third-order valence-electron chi connectivity index (χ3n) is 1.40. The van der Waals surface area contributed by atoms with Crippen molar-refractivity contribution in [3.63, 3.8) is 0 Å². The fraction of sp³-hybridized carbons (Fsp3) is 0.200. The van der Waals surface area contributed by atoms with Gasteiger partial charge < -0.3 is 4.74 Å². The van der Waals surface area contributed by atoms with Crippen molar-refractivity contribution in [1.82, 2.24) is 4.98 Å². The Bertz CT molecular complexity index is 393. The van der Waals surface area contributed by atoms with Crippen molar-refractivity contribution in [2.75, 3.05) is 7.11 Å². The number of methoxy groups -OCH3 is 1. The van der Waals surface area contributed by atoms with Crippen LogP contribution >= 0.6 is 11.6 Å². The lowest BCUT2D eigenvalue weighted by molar-refractivity contribution is -0.139. The fourth-order valence-corrected chi connectivity index (χ4v) is 0.945. The van der Waals surface area contributed by atoms with Crippen molar-refractivity contribution in [2.24, 2.45) is 0 Å². The van der Waals surface area contributed by atoms with Crippen LogP contribution in [0.2, 0.25) is 5.02 Å². The number of aromatic nitrogens is 1. The molecule has 0 saturated heterocycles. The summed E-state index contributed by atoms with van der Waals surface area (Å²) in [6, 6.07) is 1.68. The van der Waals surface area contributed by atoms with Gasteiger partial charge in [0.2, 0.25) is 0 Å². The highest BCUT2D eigenvalue weighted by molar-refractivity contribution is 6.30. The smallest absolute Gasteiger partial charge is 0.317 e. The molecule has 0 saturated carbocycles. The molecule has 0 aliphatic carbocycles. The molecule has 4 heteroatoms. The monoisotopic (exact) mass is 209 g/mol. The van der Waals surface area contributed by atoms with Gasteiger partial charge in [-0.25, -0.2) is 0 Å². The van der Waals surface area contributed by atoms with Crippen molar-refractivity contribution >= 4 is 17.6 Å². The molecule has 0 spiro atoms. The molecular formula is C10H8ClNO2. The zero-order valence-electron chi connectivity index (χ0n) is 7.58. The van der Waals surface area contributed by atoms with Crippen LogP contribution in [0.25, 0.3) is 0 Å². The Morgan fingerprint density at radius 1 is 1.64 bits per heavy atom. The number of carbonyl (C=O) groups excluding carboxylic acids is 1. The van der Waals surface area contributed by atoms with Crippen LogP contribution in [-0.2, 0) is 9.53 Å². The predicted octanol–water partition coefficient (Wildman–Crippen LogP) is 1.65. The number of carbonyl (C=O) groups is 1. The number of rotatable bonds is 1. The molecule has 1 aromatic heterocycles. The van der Waals surface area contributed by atoms with Crippen molar-refractivity contribution in [2.45, 2.75) is 6.42 Å². The highest BCUT2D eigenvalue weighted by Crippen LogP contribution is 2.06. The van der Waals surface area contributed by atoms with Gasteiger partial charge in [0.15, 0.2) is 0 Å². The van der Waals surface area contributed by atoms with Gasteiger partial charge in [0.25, 0.3) is 0 Å². The number of ether oxygens (including phenoxy) is 1. The highest BCUT2D eigenvalue weighted by Gasteiger charge is 1.94. The standard InChI is InChI=1S/C10H8ClNO2/c1-14-10(13)4-2-3-8-5-9(11)7-12-6-8/h5-7H,4H2,1H3. The van der Waals surface area contributed by atoms with E-state index in [0.717, 1.165) is 0 Å². The van der Waals surface area contributed by atoms with Gasteiger partial charge in [-0.15, -0.1) is 0 Å². The largest absolute Gasteiger partial charge is 0.468 e. The van der Waals surface area contributed by atoms with Crippen molar-refractivity contribution < 1.29 is 9.53 Å². The first-order valence-electron chi connectivity index (χ1n) is 3.88. The summed E-state index contributed by atoms with van der Waals surface area (Å²) in [7, 11) is 1.32. The number of halogens is 1. The summed E-state index contributed by atoms with van der Waals surface area (Å²) >= 11 is 5.69. The minimum atomic E-state index is -0.354. The zero-order chi connectivity index (χ0) is 10.4. The SMILES string of the molecule is COC(=O)CC#Cc1cncc(Cl)c1. The van der Waals surface area contributed by atoms with Crippen molar-refractivity contribution in [1.29, 1.82) is 0 Å². The Balaban J connectivity index is 2.64. The van der Waals surface area contributed by atoms with Gasteiger partial charge in [0.1, 0.15) is 6.42 Å². The van der Waals surface area contributed by atoms with E-state index in [-0.39, 0.29) is 12.4 Å². The summed E-state index contributed by atoms with van der Waals surface area (Å²) in [5.41, 5.74) is 0.682. The Kier molecular flexibility index (Phi) is 3.96. The molecule has 0 aromatic carbocycles. The Morgan fingerprint density at radius 2 is 2.43 bits per heavy atom. The van der Waals surface area contributed by atoms with Crippen LogP contribution in [0.4, 0.5) is 0 Å². The van der Waals surface area contributed by atoms with Crippen LogP contribution in [0.1, 0.15) is 12.0 Å². The zero-order valence-corrected chi connectivity index (χ0v) is 8.34. The number of pyridine rings is 1. The van der Waals surface area contributed by atoms with Crippen LogP contribution in [0.15, 0.2) is 18.5 Å². The molecule has 0 fully saturated rings. The second-order valence-corrected chi connectivity index (χ2v) is 2.88. The van der Waals surface area contributed by atoms with E-state index >= 15 is 0 Å². The highest BCUT2D eigenvalue weighted by atomic mass is 35.5. The van der Waals surface area contributed by atoms with Crippen LogP contribution in [0.3, 0.4) is 0 Å². The van der Waals surface area contributed by atoms with E-state index in [1.54, 1.807) is 12.3 Å². The fourth-order valence-electron chi connectivity index (χ4n) is 0.771. The Labute approximate surface area is 87.1 Å². The molecule has 72 valence electrons. The molecular weight excluding hydrogens is 202 g/mol. The average Bonchev–Trinajstić information content (AvgIpc) is 2.17. The van der Waals surface area contributed by atoms with Gasteiger partial charge >= 0.3 is 5.97 Å². The molecule has 1 aromatic rings. The van der Waals surface area contributed by atoms with Gasteiger partial charge in [-0.05, 0) is 6.07 Å². The topological polar surface area (TPSA) is 39.2 Å². The van der Waals surface area contributed by atoms with Gasteiger partial charge in [0, 0.05) is 18.0 Å². The summed E-state index contributed by atoms with van der Waals surface area (Å²) in [6.07, 6.45) is 3.17. The lowest BCUT2D eigenvalue weighted by atomic mass is 10.3.